The van der Waals surface area contributed by atoms with E-state index in [9.17, 15) is 4.79 Å². The zero-order valence-electron chi connectivity index (χ0n) is 7.66. The largest absolute Gasteiger partial charge is 0.480 e. The van der Waals surface area contributed by atoms with Gasteiger partial charge in [0, 0.05) is 0 Å². The summed E-state index contributed by atoms with van der Waals surface area (Å²) in [6.07, 6.45) is 2.34. The number of thiazole rings is 1. The summed E-state index contributed by atoms with van der Waals surface area (Å²) in [7, 11) is 0. The maximum absolute atomic E-state index is 10.9. The Bertz CT molecular complexity index is 316. The van der Waals surface area contributed by atoms with Crippen molar-refractivity contribution in [2.24, 2.45) is 0 Å². The lowest BCUT2D eigenvalue weighted by atomic mass is 10.3. The molecule has 1 atom stereocenters. The van der Waals surface area contributed by atoms with Crippen LogP contribution in [-0.2, 0) is 4.79 Å². The Morgan fingerprint density at radius 2 is 2.57 bits per heavy atom. The van der Waals surface area contributed by atoms with E-state index < -0.39 is 12.0 Å². The van der Waals surface area contributed by atoms with Crippen LogP contribution >= 0.6 is 22.9 Å². The van der Waals surface area contributed by atoms with Gasteiger partial charge in [0.1, 0.15) is 9.34 Å². The molecular weight excluding hydrogens is 224 g/mol. The molecule has 1 rings (SSSR count). The number of rotatable bonds is 5. The van der Waals surface area contributed by atoms with Crippen molar-refractivity contribution in [2.75, 3.05) is 6.54 Å². The highest BCUT2D eigenvalue weighted by Crippen LogP contribution is 2.23. The molecule has 1 unspecified atom stereocenters. The van der Waals surface area contributed by atoms with E-state index >= 15 is 0 Å². The van der Waals surface area contributed by atoms with E-state index in [0.717, 1.165) is 6.42 Å². The zero-order valence-corrected chi connectivity index (χ0v) is 9.23. The molecule has 0 aromatic carbocycles. The number of hydrogen-bond acceptors (Lipinski definition) is 4. The van der Waals surface area contributed by atoms with E-state index in [1.165, 1.54) is 17.5 Å². The summed E-state index contributed by atoms with van der Waals surface area (Å²) in [4.78, 5) is 14.8. The van der Waals surface area contributed by atoms with Crippen LogP contribution in [0.4, 0.5) is 0 Å². The topological polar surface area (TPSA) is 62.2 Å². The molecule has 0 radical (unpaired) electrons. The third-order valence-electron chi connectivity index (χ3n) is 1.59. The van der Waals surface area contributed by atoms with Crippen molar-refractivity contribution in [3.8, 4) is 0 Å². The average Bonchev–Trinajstić information content (AvgIpc) is 2.52. The van der Waals surface area contributed by atoms with Gasteiger partial charge in [0.2, 0.25) is 0 Å². The Kier molecular flexibility index (Phi) is 4.31. The van der Waals surface area contributed by atoms with E-state index in [0.29, 0.717) is 15.9 Å². The Balaban J connectivity index is 2.72. The van der Waals surface area contributed by atoms with Gasteiger partial charge in [0.05, 0.1) is 6.20 Å². The second-order valence-electron chi connectivity index (χ2n) is 2.73. The van der Waals surface area contributed by atoms with Gasteiger partial charge in [0.25, 0.3) is 0 Å². The van der Waals surface area contributed by atoms with E-state index in [4.69, 9.17) is 16.7 Å². The molecule has 0 spiro atoms. The Morgan fingerprint density at radius 3 is 3.00 bits per heavy atom. The molecule has 0 saturated heterocycles. The van der Waals surface area contributed by atoms with Crippen LogP contribution in [0.25, 0.3) is 0 Å². The molecule has 0 amide bonds. The van der Waals surface area contributed by atoms with Crippen molar-refractivity contribution in [1.82, 2.24) is 10.3 Å². The van der Waals surface area contributed by atoms with Gasteiger partial charge in [-0.3, -0.25) is 10.1 Å². The van der Waals surface area contributed by atoms with Crippen LogP contribution in [0, 0.1) is 0 Å². The fraction of sp³-hybridized carbons (Fsp3) is 0.500. The predicted octanol–water partition coefficient (Wildman–Crippen LogP) is 1.92. The van der Waals surface area contributed by atoms with Crippen molar-refractivity contribution >= 4 is 28.9 Å². The number of nitrogens with one attached hydrogen (secondary N) is 1. The molecule has 6 heteroatoms. The fourth-order valence-corrected chi connectivity index (χ4v) is 1.97. The Morgan fingerprint density at radius 1 is 1.86 bits per heavy atom. The van der Waals surface area contributed by atoms with Gasteiger partial charge in [-0.1, -0.05) is 18.5 Å². The quantitative estimate of drug-likeness (QED) is 0.817. The monoisotopic (exact) mass is 234 g/mol. The van der Waals surface area contributed by atoms with Crippen LogP contribution in [-0.4, -0.2) is 22.6 Å². The average molecular weight is 235 g/mol. The molecule has 1 aromatic rings. The highest BCUT2D eigenvalue weighted by molar-refractivity contribution is 7.16. The SMILES string of the molecule is CCCNC(C(=O)O)c1ncc(Cl)s1. The summed E-state index contributed by atoms with van der Waals surface area (Å²) in [5, 5.41) is 12.3. The summed E-state index contributed by atoms with van der Waals surface area (Å²) in [5.41, 5.74) is 0. The summed E-state index contributed by atoms with van der Waals surface area (Å²) in [6, 6.07) is -0.743. The second-order valence-corrected chi connectivity index (χ2v) is 4.42. The third-order valence-corrected chi connectivity index (χ3v) is 2.77. The van der Waals surface area contributed by atoms with E-state index in [2.05, 4.69) is 10.3 Å². The number of halogens is 1. The van der Waals surface area contributed by atoms with Crippen LogP contribution in [0.1, 0.15) is 24.4 Å². The van der Waals surface area contributed by atoms with Crippen LogP contribution in [0.2, 0.25) is 4.34 Å². The maximum Gasteiger partial charge on any atom is 0.327 e. The van der Waals surface area contributed by atoms with Crippen molar-refractivity contribution < 1.29 is 9.90 Å². The molecule has 0 saturated carbocycles. The molecule has 1 aromatic heterocycles. The first-order valence-corrected chi connectivity index (χ1v) is 5.42. The van der Waals surface area contributed by atoms with Gasteiger partial charge >= 0.3 is 5.97 Å². The standard InChI is InChI=1S/C8H11ClN2O2S/c1-2-3-10-6(8(12)13)7-11-4-5(9)14-7/h4,6,10H,2-3H2,1H3,(H,12,13). The highest BCUT2D eigenvalue weighted by Gasteiger charge is 2.21. The number of nitrogens with zero attached hydrogens (tertiary/aromatic N) is 1. The molecule has 0 aliphatic heterocycles. The van der Waals surface area contributed by atoms with Crippen molar-refractivity contribution in [3.63, 3.8) is 0 Å². The fourth-order valence-electron chi connectivity index (χ4n) is 0.969. The summed E-state index contributed by atoms with van der Waals surface area (Å²) in [5.74, 6) is -0.926. The van der Waals surface area contributed by atoms with Crippen LogP contribution in [0.15, 0.2) is 6.20 Å². The predicted molar refractivity (Wildman–Crippen MR) is 55.8 cm³/mol. The lowest BCUT2D eigenvalue weighted by Crippen LogP contribution is -2.28. The van der Waals surface area contributed by atoms with Gasteiger partial charge in [-0.15, -0.1) is 11.3 Å². The first-order chi connectivity index (χ1) is 6.65. The molecule has 14 heavy (non-hydrogen) atoms. The molecule has 4 nitrogen and oxygen atoms in total. The molecule has 1 heterocycles. The number of carboxylic acids is 1. The lowest BCUT2D eigenvalue weighted by Gasteiger charge is -2.10. The molecule has 0 fully saturated rings. The van der Waals surface area contributed by atoms with Gasteiger partial charge in [-0.2, -0.15) is 0 Å². The number of carbonyl (C=O) groups is 1. The van der Waals surface area contributed by atoms with Crippen molar-refractivity contribution in [1.29, 1.82) is 0 Å². The Labute approximate surface area is 90.9 Å². The maximum atomic E-state index is 10.9. The summed E-state index contributed by atoms with van der Waals surface area (Å²) >= 11 is 6.86. The van der Waals surface area contributed by atoms with Crippen LogP contribution < -0.4 is 5.32 Å². The highest BCUT2D eigenvalue weighted by atomic mass is 35.5. The smallest absolute Gasteiger partial charge is 0.327 e. The number of hydrogen-bond donors (Lipinski definition) is 2. The second kappa shape index (κ2) is 5.29. The van der Waals surface area contributed by atoms with Crippen LogP contribution in [0.3, 0.4) is 0 Å². The zero-order chi connectivity index (χ0) is 10.6. The lowest BCUT2D eigenvalue weighted by molar-refractivity contribution is -0.139. The normalized spacial score (nSPS) is 12.7. The summed E-state index contributed by atoms with van der Waals surface area (Å²) in [6.45, 7) is 2.62. The van der Waals surface area contributed by atoms with Gasteiger partial charge in [0.15, 0.2) is 6.04 Å². The van der Waals surface area contributed by atoms with E-state index in [1.54, 1.807) is 0 Å². The van der Waals surface area contributed by atoms with Gasteiger partial charge < -0.3 is 5.11 Å². The first-order valence-electron chi connectivity index (χ1n) is 4.22. The molecule has 0 bridgehead atoms. The summed E-state index contributed by atoms with van der Waals surface area (Å²) < 4.78 is 0.504. The van der Waals surface area contributed by atoms with Crippen molar-refractivity contribution in [2.45, 2.75) is 19.4 Å². The van der Waals surface area contributed by atoms with E-state index in [-0.39, 0.29) is 0 Å². The molecular formula is C8H11ClN2O2S. The van der Waals surface area contributed by atoms with E-state index in [1.807, 2.05) is 6.92 Å². The minimum absolute atomic E-state index is 0.496. The number of aliphatic carboxylic acids is 1. The molecule has 0 aliphatic carbocycles. The Hall–Kier alpha value is -0.650. The third kappa shape index (κ3) is 2.94. The molecule has 2 N–H and O–H groups in total. The number of aromatic nitrogens is 1. The van der Waals surface area contributed by atoms with Crippen LogP contribution in [0.5, 0.6) is 0 Å². The molecule has 78 valence electrons. The van der Waals surface area contributed by atoms with Gasteiger partial charge in [-0.25, -0.2) is 4.98 Å². The molecule has 0 aliphatic rings. The number of carboxylic acid groups (broad SMARTS) is 1. The minimum Gasteiger partial charge on any atom is -0.480 e. The first kappa shape index (κ1) is 11.4. The van der Waals surface area contributed by atoms with Crippen molar-refractivity contribution in [3.05, 3.63) is 15.5 Å². The van der Waals surface area contributed by atoms with Gasteiger partial charge in [-0.05, 0) is 13.0 Å². The minimum atomic E-state index is -0.926.